The molecule has 1 saturated carbocycles. The zero-order chi connectivity index (χ0) is 17.6. The molecule has 0 unspecified atom stereocenters. The van der Waals surface area contributed by atoms with Gasteiger partial charge in [-0.05, 0) is 25.0 Å². The predicted molar refractivity (Wildman–Crippen MR) is 97.7 cm³/mol. The number of carbonyl (C=O) groups is 2. The van der Waals surface area contributed by atoms with Gasteiger partial charge in [0.05, 0.1) is 18.7 Å². The largest absolute Gasteiger partial charge is 0.495 e. The third-order valence-corrected chi connectivity index (χ3v) is 5.32. The van der Waals surface area contributed by atoms with Gasteiger partial charge in [-0.15, -0.1) is 0 Å². The fourth-order valence-corrected chi connectivity index (χ4v) is 3.89. The molecule has 136 valence electrons. The number of methoxy groups -OCH3 is 1. The summed E-state index contributed by atoms with van der Waals surface area (Å²) >= 11 is 0. The maximum Gasteiger partial charge on any atom is 0.227 e. The fourth-order valence-electron chi connectivity index (χ4n) is 3.89. The van der Waals surface area contributed by atoms with Crippen LogP contribution in [0.4, 0.5) is 5.69 Å². The van der Waals surface area contributed by atoms with Crippen LogP contribution in [0.3, 0.4) is 0 Å². The van der Waals surface area contributed by atoms with Gasteiger partial charge in [0.25, 0.3) is 0 Å². The van der Waals surface area contributed by atoms with E-state index in [1.54, 1.807) is 12.0 Å². The van der Waals surface area contributed by atoms with Gasteiger partial charge in [-0.25, -0.2) is 0 Å². The van der Waals surface area contributed by atoms with Crippen molar-refractivity contribution in [1.82, 2.24) is 5.32 Å². The molecule has 5 nitrogen and oxygen atoms in total. The number of nitrogens with one attached hydrogen (secondary N) is 1. The third kappa shape index (κ3) is 4.33. The first-order chi connectivity index (χ1) is 12.2. The van der Waals surface area contributed by atoms with E-state index in [1.165, 1.54) is 32.1 Å². The molecule has 1 N–H and O–H groups in total. The highest BCUT2D eigenvalue weighted by Crippen LogP contribution is 2.33. The summed E-state index contributed by atoms with van der Waals surface area (Å²) in [6.07, 6.45) is 8.59. The summed E-state index contributed by atoms with van der Waals surface area (Å²) < 4.78 is 5.35. The Balaban J connectivity index is 1.62. The highest BCUT2D eigenvalue weighted by Gasteiger charge is 2.36. The number of hydrogen-bond acceptors (Lipinski definition) is 3. The van der Waals surface area contributed by atoms with E-state index < -0.39 is 0 Å². The Morgan fingerprint density at radius 2 is 1.80 bits per heavy atom. The number of carbonyl (C=O) groups excluding carboxylic acids is 2. The lowest BCUT2D eigenvalue weighted by Crippen LogP contribution is -2.40. The standard InChI is InChI=1S/C20H28N2O3/c1-25-18-12-8-7-11-17(18)22-14-15(13-19(22)23)20(24)21-16-9-5-3-2-4-6-10-16/h7-8,11-12,15-16H,2-6,9-10,13-14H2,1H3,(H,21,24)/t15-/m1/s1. The third-order valence-electron chi connectivity index (χ3n) is 5.32. The molecule has 2 amide bonds. The lowest BCUT2D eigenvalue weighted by molar-refractivity contribution is -0.127. The summed E-state index contributed by atoms with van der Waals surface area (Å²) in [5.74, 6) is 0.401. The summed E-state index contributed by atoms with van der Waals surface area (Å²) in [6.45, 7) is 0.428. The number of rotatable bonds is 4. The second-order valence-corrected chi connectivity index (χ2v) is 7.13. The van der Waals surface area contributed by atoms with Crippen molar-refractivity contribution < 1.29 is 14.3 Å². The topological polar surface area (TPSA) is 58.6 Å². The van der Waals surface area contributed by atoms with E-state index in [-0.39, 0.29) is 30.2 Å². The molecule has 5 heteroatoms. The smallest absolute Gasteiger partial charge is 0.227 e. The van der Waals surface area contributed by atoms with Crippen molar-refractivity contribution in [3.8, 4) is 5.75 Å². The van der Waals surface area contributed by atoms with E-state index >= 15 is 0 Å². The van der Waals surface area contributed by atoms with Crippen molar-refractivity contribution in [1.29, 1.82) is 0 Å². The second kappa shape index (κ2) is 8.37. The Morgan fingerprint density at radius 3 is 2.52 bits per heavy atom. The van der Waals surface area contributed by atoms with Crippen molar-refractivity contribution in [3.63, 3.8) is 0 Å². The average molecular weight is 344 g/mol. The Hall–Kier alpha value is -2.04. The molecular weight excluding hydrogens is 316 g/mol. The summed E-state index contributed by atoms with van der Waals surface area (Å²) in [6, 6.07) is 7.73. The van der Waals surface area contributed by atoms with Crippen LogP contribution in [-0.4, -0.2) is 31.5 Å². The molecule has 0 aromatic heterocycles. The Morgan fingerprint density at radius 1 is 1.12 bits per heavy atom. The lowest BCUT2D eigenvalue weighted by Gasteiger charge is -2.23. The molecule has 0 bridgehead atoms. The van der Waals surface area contributed by atoms with Crippen LogP contribution < -0.4 is 15.0 Å². The fraction of sp³-hybridized carbons (Fsp3) is 0.600. The van der Waals surface area contributed by atoms with E-state index in [4.69, 9.17) is 4.74 Å². The molecule has 1 aromatic carbocycles. The van der Waals surface area contributed by atoms with Gasteiger partial charge >= 0.3 is 0 Å². The quantitative estimate of drug-likeness (QED) is 0.912. The van der Waals surface area contributed by atoms with Crippen molar-refractivity contribution in [3.05, 3.63) is 24.3 Å². The van der Waals surface area contributed by atoms with Crippen LogP contribution in [0.5, 0.6) is 5.75 Å². The summed E-state index contributed by atoms with van der Waals surface area (Å²) in [5, 5.41) is 3.20. The minimum Gasteiger partial charge on any atom is -0.495 e. The number of hydrogen-bond donors (Lipinski definition) is 1. The number of amides is 2. The highest BCUT2D eigenvalue weighted by atomic mass is 16.5. The van der Waals surface area contributed by atoms with Crippen molar-refractivity contribution in [2.45, 2.75) is 57.4 Å². The summed E-state index contributed by atoms with van der Waals surface area (Å²) in [5.41, 5.74) is 0.747. The molecule has 1 aliphatic carbocycles. The van der Waals surface area contributed by atoms with Crippen LogP contribution in [-0.2, 0) is 9.59 Å². The number of benzene rings is 1. The van der Waals surface area contributed by atoms with Gasteiger partial charge in [0.15, 0.2) is 0 Å². The average Bonchev–Trinajstić information content (AvgIpc) is 2.99. The molecular formula is C20H28N2O3. The molecule has 0 spiro atoms. The Bertz CT molecular complexity index is 609. The van der Waals surface area contributed by atoms with Crippen LogP contribution in [0.25, 0.3) is 0 Å². The van der Waals surface area contributed by atoms with Gasteiger partial charge in [-0.1, -0.05) is 44.2 Å². The molecule has 0 radical (unpaired) electrons. The predicted octanol–water partition coefficient (Wildman–Crippen LogP) is 3.28. The van der Waals surface area contributed by atoms with Crippen molar-refractivity contribution >= 4 is 17.5 Å². The minimum absolute atomic E-state index is 0.0117. The van der Waals surface area contributed by atoms with Crippen LogP contribution in [0, 0.1) is 5.92 Å². The first-order valence-electron chi connectivity index (χ1n) is 9.43. The minimum atomic E-state index is -0.275. The summed E-state index contributed by atoms with van der Waals surface area (Å²) in [7, 11) is 1.60. The Labute approximate surface area is 149 Å². The van der Waals surface area contributed by atoms with Crippen LogP contribution in [0.2, 0.25) is 0 Å². The van der Waals surface area contributed by atoms with E-state index in [1.807, 2.05) is 24.3 Å². The number of ether oxygens (including phenoxy) is 1. The van der Waals surface area contributed by atoms with Gasteiger partial charge in [-0.3, -0.25) is 9.59 Å². The van der Waals surface area contributed by atoms with E-state index in [9.17, 15) is 9.59 Å². The SMILES string of the molecule is COc1ccccc1N1C[C@H](C(=O)NC2CCCCCCC2)CC1=O. The molecule has 2 fully saturated rings. The molecule has 3 rings (SSSR count). The molecule has 1 heterocycles. The maximum atomic E-state index is 12.7. The first kappa shape index (κ1) is 17.8. The molecule has 1 aromatic rings. The molecule has 25 heavy (non-hydrogen) atoms. The molecule has 1 aliphatic heterocycles. The second-order valence-electron chi connectivity index (χ2n) is 7.13. The number of nitrogens with zero attached hydrogens (tertiary/aromatic N) is 1. The molecule has 2 aliphatic rings. The highest BCUT2D eigenvalue weighted by molar-refractivity contribution is 6.01. The normalized spacial score (nSPS) is 22.4. The molecule has 1 saturated heterocycles. The monoisotopic (exact) mass is 344 g/mol. The van der Waals surface area contributed by atoms with Crippen LogP contribution >= 0.6 is 0 Å². The Kier molecular flexibility index (Phi) is 5.95. The van der Waals surface area contributed by atoms with E-state index in [2.05, 4.69) is 5.32 Å². The summed E-state index contributed by atoms with van der Waals surface area (Å²) in [4.78, 5) is 26.8. The van der Waals surface area contributed by atoms with E-state index in [0.29, 0.717) is 12.3 Å². The number of anilines is 1. The lowest BCUT2D eigenvalue weighted by atomic mass is 9.96. The maximum absolute atomic E-state index is 12.7. The van der Waals surface area contributed by atoms with Gasteiger partial charge < -0.3 is 15.0 Å². The molecule has 1 atom stereocenters. The van der Waals surface area contributed by atoms with Crippen molar-refractivity contribution in [2.75, 3.05) is 18.6 Å². The zero-order valence-electron chi connectivity index (χ0n) is 15.0. The van der Waals surface area contributed by atoms with Crippen LogP contribution in [0.1, 0.15) is 51.4 Å². The van der Waals surface area contributed by atoms with Gasteiger partial charge in [-0.2, -0.15) is 0 Å². The van der Waals surface area contributed by atoms with Crippen LogP contribution in [0.15, 0.2) is 24.3 Å². The first-order valence-corrected chi connectivity index (χ1v) is 9.43. The van der Waals surface area contributed by atoms with Gasteiger partial charge in [0.2, 0.25) is 11.8 Å². The zero-order valence-corrected chi connectivity index (χ0v) is 15.0. The van der Waals surface area contributed by atoms with Crippen molar-refractivity contribution in [2.24, 2.45) is 5.92 Å². The van der Waals surface area contributed by atoms with Gasteiger partial charge in [0.1, 0.15) is 5.75 Å². The number of para-hydroxylation sites is 2. The van der Waals surface area contributed by atoms with Gasteiger partial charge in [0, 0.05) is 19.0 Å². The van der Waals surface area contributed by atoms with E-state index in [0.717, 1.165) is 18.5 Å².